The van der Waals surface area contributed by atoms with Gasteiger partial charge in [-0.2, -0.15) is 0 Å². The molecule has 0 aliphatic carbocycles. The van der Waals surface area contributed by atoms with E-state index in [9.17, 15) is 75.7 Å². The molecule has 64 heavy (non-hydrogen) atoms. The van der Waals surface area contributed by atoms with E-state index in [0.717, 1.165) is 67.8 Å². The van der Waals surface area contributed by atoms with Gasteiger partial charge in [-0.25, -0.2) is 9.59 Å². The van der Waals surface area contributed by atoms with Gasteiger partial charge < -0.3 is 85.0 Å². The minimum absolute atomic E-state index is 0.0235. The topological polar surface area (TPSA) is 340 Å². The van der Waals surface area contributed by atoms with Crippen molar-refractivity contribution in [1.29, 1.82) is 0 Å². The predicted octanol–water partition coefficient (Wildman–Crippen LogP) is 4.48. The number of phenols is 11. The average molecular weight is 883 g/mol. The number of carbonyl (C=O) groups excluding carboxylic acids is 2. The number of benzene rings is 5. The van der Waals surface area contributed by atoms with Gasteiger partial charge in [-0.05, 0) is 47.9 Å². The van der Waals surface area contributed by atoms with E-state index in [4.69, 9.17) is 23.7 Å². The van der Waals surface area contributed by atoms with E-state index < -0.39 is 122 Å². The van der Waals surface area contributed by atoms with E-state index in [1.54, 1.807) is 0 Å². The maximum atomic E-state index is 14.0. The second-order valence-electron chi connectivity index (χ2n) is 14.8. The first-order valence-corrected chi connectivity index (χ1v) is 18.8. The number of aromatic hydroxyl groups is 12. The summed E-state index contributed by atoms with van der Waals surface area (Å²) in [7, 11) is 1.16. The quantitative estimate of drug-likeness (QED) is 0.0776. The molecule has 0 amide bonds. The largest absolute Gasteiger partial charge is 0.508 e. The van der Waals surface area contributed by atoms with Crippen molar-refractivity contribution in [1.82, 2.24) is 0 Å². The van der Waals surface area contributed by atoms with Gasteiger partial charge in [0.2, 0.25) is 11.2 Å². The molecule has 6 aromatic carbocycles. The van der Waals surface area contributed by atoms with E-state index >= 15 is 0 Å². The zero-order valence-corrected chi connectivity index (χ0v) is 32.7. The summed E-state index contributed by atoms with van der Waals surface area (Å²) in [6, 6.07) is 10.7. The molecule has 12 N–H and O–H groups in total. The highest BCUT2D eigenvalue weighted by Crippen LogP contribution is 2.49. The van der Waals surface area contributed by atoms with Gasteiger partial charge in [0.25, 0.3) is 0 Å². The number of hydrogen-bond donors (Lipinski definition) is 12. The molecule has 2 aliphatic heterocycles. The van der Waals surface area contributed by atoms with Crippen LogP contribution in [0.4, 0.5) is 0 Å². The lowest BCUT2D eigenvalue weighted by atomic mass is 9.89. The Morgan fingerprint density at radius 2 is 1.02 bits per heavy atom. The van der Waals surface area contributed by atoms with Crippen LogP contribution >= 0.6 is 0 Å². The van der Waals surface area contributed by atoms with Crippen LogP contribution in [-0.2, 0) is 22.3 Å². The Hall–Kier alpha value is -8.81. The Balaban J connectivity index is 1.31. The van der Waals surface area contributed by atoms with Crippen molar-refractivity contribution in [3.63, 3.8) is 0 Å². The molecule has 8 rings (SSSR count). The van der Waals surface area contributed by atoms with E-state index in [1.165, 1.54) is 6.07 Å². The number of ether oxygens (including phenoxy) is 5. The molecule has 0 saturated heterocycles. The summed E-state index contributed by atoms with van der Waals surface area (Å²) < 4.78 is 29.1. The second-order valence-corrected chi connectivity index (χ2v) is 14.8. The lowest BCUT2D eigenvalue weighted by Gasteiger charge is -2.35. The lowest BCUT2D eigenvalue weighted by Crippen LogP contribution is -2.35. The van der Waals surface area contributed by atoms with Crippen molar-refractivity contribution in [2.45, 2.75) is 37.3 Å². The molecule has 6 aromatic rings. The van der Waals surface area contributed by atoms with Gasteiger partial charge >= 0.3 is 11.9 Å². The van der Waals surface area contributed by atoms with E-state index in [0.29, 0.717) is 0 Å². The Bertz CT molecular complexity index is 2990. The molecule has 330 valence electrons. The maximum Gasteiger partial charge on any atom is 0.338 e. The fourth-order valence-electron chi connectivity index (χ4n) is 7.69. The molecular weight excluding hydrogens is 848 g/mol. The summed E-state index contributed by atoms with van der Waals surface area (Å²) in [6.07, 6.45) is -7.02. The van der Waals surface area contributed by atoms with Gasteiger partial charge in [-0.3, -0.25) is 4.79 Å². The van der Waals surface area contributed by atoms with Crippen LogP contribution in [0.15, 0.2) is 71.5 Å². The van der Waals surface area contributed by atoms with Gasteiger partial charge in [0, 0.05) is 59.4 Å². The minimum Gasteiger partial charge on any atom is -0.508 e. The van der Waals surface area contributed by atoms with Crippen LogP contribution in [0, 0.1) is 0 Å². The Morgan fingerprint density at radius 1 is 0.531 bits per heavy atom. The summed E-state index contributed by atoms with van der Waals surface area (Å²) in [6.45, 7) is 0. The van der Waals surface area contributed by atoms with Crippen LogP contribution in [0.2, 0.25) is 0 Å². The minimum atomic E-state index is -1.62. The highest BCUT2D eigenvalue weighted by atomic mass is 16.6. The summed E-state index contributed by atoms with van der Waals surface area (Å²) in [5, 5.41) is 125. The third kappa shape index (κ3) is 7.27. The summed E-state index contributed by atoms with van der Waals surface area (Å²) in [4.78, 5) is 41.3. The van der Waals surface area contributed by atoms with Crippen LogP contribution in [-0.4, -0.2) is 92.5 Å². The molecule has 0 spiro atoms. The SMILES string of the molecule is COc1cc(C(=O)OC2Cc3c(O)cc(O)cc3OC2c2cc(O)c(O)c3c(=O)c(O)cc(C4Oc5cc(O)cc(O)c5CC4OC(=O)c4cc(O)c(O)c(O)c4)cc23)cc(O)c1O. The molecule has 0 fully saturated rings. The van der Waals surface area contributed by atoms with Gasteiger partial charge in [0.1, 0.15) is 46.7 Å². The van der Waals surface area contributed by atoms with Gasteiger partial charge in [-0.15, -0.1) is 0 Å². The van der Waals surface area contributed by atoms with Gasteiger partial charge in [0.15, 0.2) is 58.2 Å². The monoisotopic (exact) mass is 882 g/mol. The van der Waals surface area contributed by atoms with Crippen LogP contribution in [0.3, 0.4) is 0 Å². The predicted molar refractivity (Wildman–Crippen MR) is 215 cm³/mol. The molecule has 4 unspecified atom stereocenters. The molecule has 0 bridgehead atoms. The number of fused-ring (bicyclic) bond motifs is 3. The molecule has 0 aromatic heterocycles. The normalized spacial score (nSPS) is 17.6. The van der Waals surface area contributed by atoms with Crippen molar-refractivity contribution < 1.29 is 94.6 Å². The highest BCUT2D eigenvalue weighted by molar-refractivity contribution is 5.95. The number of esters is 2. The Labute approximate surface area is 357 Å². The molecule has 20 nitrogen and oxygen atoms in total. The van der Waals surface area contributed by atoms with E-state index in [-0.39, 0.29) is 63.3 Å². The zero-order valence-electron chi connectivity index (χ0n) is 32.7. The van der Waals surface area contributed by atoms with E-state index in [2.05, 4.69) is 0 Å². The number of phenolic OH excluding ortho intramolecular Hbond substituents is 11. The van der Waals surface area contributed by atoms with Crippen LogP contribution < -0.4 is 19.6 Å². The van der Waals surface area contributed by atoms with Crippen molar-refractivity contribution in [2.24, 2.45) is 0 Å². The smallest absolute Gasteiger partial charge is 0.338 e. The standard InChI is InChI=1S/C44H34O20/c1-60-33-7-17(6-28(51)38(33)55)44(59)64-35-14-23-25(48)9-19(46)11-32(23)62-42(35)21-12-30(53)40(57)36-20(21)2-15(3-29(52)39(36)56)41-34(13-22-24(47)8-18(45)10-31(22)61-41)63-43(58)16-4-26(49)37(54)27(50)5-16/h2-12,34-35,41-42,45-51,53-55,57H,13-14H2,1H3,(H,52,56). The number of methoxy groups -OCH3 is 1. The van der Waals surface area contributed by atoms with Crippen LogP contribution in [0.1, 0.15) is 55.2 Å². The van der Waals surface area contributed by atoms with Crippen LogP contribution in [0.5, 0.6) is 86.2 Å². The van der Waals surface area contributed by atoms with Crippen molar-refractivity contribution >= 4 is 22.7 Å². The second kappa shape index (κ2) is 15.6. The molecule has 0 saturated carbocycles. The molecule has 20 heteroatoms. The first-order chi connectivity index (χ1) is 30.3. The summed E-state index contributed by atoms with van der Waals surface area (Å²) in [5.41, 5.74) is -2.46. The summed E-state index contributed by atoms with van der Waals surface area (Å²) >= 11 is 0. The fourth-order valence-corrected chi connectivity index (χ4v) is 7.69. The third-order valence-electron chi connectivity index (χ3n) is 10.7. The maximum absolute atomic E-state index is 14.0. The van der Waals surface area contributed by atoms with Crippen molar-refractivity contribution in [3.05, 3.63) is 110 Å². The molecular formula is C44H34O20. The first kappa shape index (κ1) is 41.9. The average Bonchev–Trinajstić information content (AvgIpc) is 3.37. The molecule has 2 aliphatic rings. The lowest BCUT2D eigenvalue weighted by molar-refractivity contribution is -0.0194. The number of hydrogen-bond acceptors (Lipinski definition) is 20. The highest BCUT2D eigenvalue weighted by Gasteiger charge is 2.41. The molecule has 2 heterocycles. The first-order valence-electron chi connectivity index (χ1n) is 18.8. The zero-order chi connectivity index (χ0) is 46.0. The van der Waals surface area contributed by atoms with Gasteiger partial charge in [-0.1, -0.05) is 0 Å². The van der Waals surface area contributed by atoms with Crippen molar-refractivity contribution in [3.8, 4) is 86.2 Å². The fraction of sp³-hybridized carbons (Fsp3) is 0.159. The summed E-state index contributed by atoms with van der Waals surface area (Å²) in [5.74, 6) is -12.0. The van der Waals surface area contributed by atoms with Gasteiger partial charge in [0.05, 0.1) is 23.6 Å². The molecule has 4 atom stereocenters. The van der Waals surface area contributed by atoms with Crippen LogP contribution in [0.25, 0.3) is 10.8 Å². The Morgan fingerprint density at radius 3 is 1.56 bits per heavy atom. The van der Waals surface area contributed by atoms with E-state index in [1.807, 2.05) is 0 Å². The number of carbonyl (C=O) groups is 2. The third-order valence-corrected chi connectivity index (χ3v) is 10.7. The molecule has 0 radical (unpaired) electrons. The number of rotatable bonds is 7. The van der Waals surface area contributed by atoms with Crippen molar-refractivity contribution in [2.75, 3.05) is 7.11 Å². The Kier molecular flexibility index (Phi) is 10.2.